The first-order chi connectivity index (χ1) is 20.0. The summed E-state index contributed by atoms with van der Waals surface area (Å²) in [7, 11) is 1.89. The molecule has 5 fully saturated rings. The molecule has 0 aromatic rings. The second kappa shape index (κ2) is 12.0. The first kappa shape index (κ1) is 31.4. The smallest absolute Gasteiger partial charge is 0.186 e. The average Bonchev–Trinajstić information content (AvgIpc) is 3.46. The zero-order valence-corrected chi connectivity index (χ0v) is 26.4. The predicted octanol–water partition coefficient (Wildman–Crippen LogP) is 3.83. The molecule has 0 spiro atoms. The lowest BCUT2D eigenvalue weighted by Gasteiger charge is -2.58. The van der Waals surface area contributed by atoms with E-state index in [0.29, 0.717) is 41.5 Å². The number of hydrogen-bond donors (Lipinski definition) is 4. The van der Waals surface area contributed by atoms with E-state index in [1.807, 2.05) is 7.11 Å². The van der Waals surface area contributed by atoms with Crippen molar-refractivity contribution in [3.05, 3.63) is 11.6 Å². The number of aliphatic hydroxyl groups is 4. The number of rotatable bonds is 8. The second-order valence-corrected chi connectivity index (χ2v) is 15.5. The van der Waals surface area contributed by atoms with Crippen LogP contribution in [0.25, 0.3) is 0 Å². The van der Waals surface area contributed by atoms with Crippen LogP contribution < -0.4 is 0 Å². The third-order valence-corrected chi connectivity index (χ3v) is 13.3. The SMILES string of the molecule is COC1CCC2=CC[C@H]3[C@@H]4C[C@@H]5O[C@@H](CC[C@@H](C)CO[C@@H]6O[C@H](CO)[C@@H](O)[C@@H](O)[C@H]6O)[C@@H](C)[C@@H]5[C@@]4(C)CC[C@@H]3[C@@]2(C)C1. The molecule has 0 aromatic heterocycles. The highest BCUT2D eigenvalue weighted by molar-refractivity contribution is 5.26. The van der Waals surface area contributed by atoms with E-state index in [2.05, 4.69) is 33.8 Å². The van der Waals surface area contributed by atoms with Crippen molar-refractivity contribution in [3.63, 3.8) is 0 Å². The van der Waals surface area contributed by atoms with Gasteiger partial charge in [0.15, 0.2) is 6.29 Å². The lowest BCUT2D eigenvalue weighted by Crippen LogP contribution is -2.59. The monoisotopic (exact) mass is 592 g/mol. The van der Waals surface area contributed by atoms with E-state index in [0.717, 1.165) is 30.6 Å². The molecule has 2 saturated heterocycles. The predicted molar refractivity (Wildman–Crippen MR) is 157 cm³/mol. The van der Waals surface area contributed by atoms with Crippen molar-refractivity contribution in [2.24, 2.45) is 46.3 Å². The zero-order valence-electron chi connectivity index (χ0n) is 26.4. The van der Waals surface area contributed by atoms with Crippen LogP contribution in [0.3, 0.4) is 0 Å². The Bertz CT molecular complexity index is 987. The molecule has 0 bridgehead atoms. The first-order valence-corrected chi connectivity index (χ1v) is 16.8. The summed E-state index contributed by atoms with van der Waals surface area (Å²) in [6.07, 6.45) is 8.03. The highest BCUT2D eigenvalue weighted by Gasteiger charge is 2.65. The van der Waals surface area contributed by atoms with Crippen LogP contribution in [0.15, 0.2) is 11.6 Å². The number of aliphatic hydroxyl groups excluding tert-OH is 4. The highest BCUT2D eigenvalue weighted by Crippen LogP contribution is 2.69. The Morgan fingerprint density at radius 3 is 2.57 bits per heavy atom. The Kier molecular flexibility index (Phi) is 8.95. The molecular formula is C34H56O8. The van der Waals surface area contributed by atoms with Crippen LogP contribution in [0.2, 0.25) is 0 Å². The van der Waals surface area contributed by atoms with E-state index in [1.165, 1.54) is 44.9 Å². The van der Waals surface area contributed by atoms with Gasteiger partial charge in [0.1, 0.15) is 24.4 Å². The maximum absolute atomic E-state index is 10.3. The molecule has 1 unspecified atom stereocenters. The van der Waals surface area contributed by atoms with E-state index in [1.54, 1.807) is 5.57 Å². The first-order valence-electron chi connectivity index (χ1n) is 16.8. The summed E-state index contributed by atoms with van der Waals surface area (Å²) >= 11 is 0. The van der Waals surface area contributed by atoms with Crippen molar-refractivity contribution in [1.29, 1.82) is 0 Å². The molecule has 0 radical (unpaired) electrons. The molecule has 0 aromatic carbocycles. The molecule has 8 heteroatoms. The molecule has 2 heterocycles. The van der Waals surface area contributed by atoms with E-state index in [4.69, 9.17) is 18.9 Å². The van der Waals surface area contributed by atoms with Gasteiger partial charge in [-0.15, -0.1) is 0 Å². The summed E-state index contributed by atoms with van der Waals surface area (Å²) in [5, 5.41) is 39.8. The lowest BCUT2D eigenvalue weighted by molar-refractivity contribution is -0.303. The molecule has 6 aliphatic rings. The minimum atomic E-state index is -1.41. The molecule has 42 heavy (non-hydrogen) atoms. The van der Waals surface area contributed by atoms with Gasteiger partial charge >= 0.3 is 0 Å². The molecule has 8 nitrogen and oxygen atoms in total. The van der Waals surface area contributed by atoms with Gasteiger partial charge < -0.3 is 39.4 Å². The Morgan fingerprint density at radius 2 is 1.83 bits per heavy atom. The van der Waals surface area contributed by atoms with Crippen molar-refractivity contribution < 1.29 is 39.4 Å². The van der Waals surface area contributed by atoms with Crippen LogP contribution in [0.5, 0.6) is 0 Å². The van der Waals surface area contributed by atoms with E-state index in [-0.39, 0.29) is 12.0 Å². The summed E-state index contributed by atoms with van der Waals surface area (Å²) in [4.78, 5) is 0. The van der Waals surface area contributed by atoms with Crippen molar-refractivity contribution in [1.82, 2.24) is 0 Å². The van der Waals surface area contributed by atoms with Gasteiger partial charge in [0, 0.05) is 7.11 Å². The zero-order chi connectivity index (χ0) is 30.0. The quantitative estimate of drug-likeness (QED) is 0.314. The molecule has 2 aliphatic heterocycles. The number of methoxy groups -OCH3 is 1. The average molecular weight is 593 g/mol. The number of hydrogen-bond acceptors (Lipinski definition) is 8. The lowest BCUT2D eigenvalue weighted by atomic mass is 9.47. The number of ether oxygens (including phenoxy) is 4. The van der Waals surface area contributed by atoms with Crippen LogP contribution in [0.4, 0.5) is 0 Å². The summed E-state index contributed by atoms with van der Waals surface area (Å²) in [6.45, 7) is 9.60. The maximum atomic E-state index is 10.3. The number of allylic oxidation sites excluding steroid dienone is 2. The fourth-order valence-electron chi connectivity index (χ4n) is 10.9. The molecule has 240 valence electrons. The van der Waals surface area contributed by atoms with Crippen molar-refractivity contribution in [2.45, 2.75) is 135 Å². The highest BCUT2D eigenvalue weighted by atomic mass is 16.7. The summed E-state index contributed by atoms with van der Waals surface area (Å²) < 4.78 is 24.1. The standard InChI is InChI=1S/C34H56O8/c1-18(17-40-32-31(38)30(37)29(36)27(16-35)42-32)6-11-25-19(2)28-26(41-25)14-24-22-10-8-20-7-9-21(39-5)15-34(20,4)23(22)12-13-33(24,28)3/h8,18-19,21-32,35-38H,6-7,9-17H2,1-5H3/t18-,19-,21?,22-,23+,24+,25+,26+,27-,28+,29-,30-,31-,32-,33+,34+/m1/s1. The maximum Gasteiger partial charge on any atom is 0.186 e. The third kappa shape index (κ3) is 5.14. The second-order valence-electron chi connectivity index (χ2n) is 15.5. The molecule has 4 N–H and O–H groups in total. The molecule has 6 rings (SSSR count). The van der Waals surface area contributed by atoms with Gasteiger partial charge in [-0.05, 0) is 104 Å². The minimum absolute atomic E-state index is 0.211. The van der Waals surface area contributed by atoms with Gasteiger partial charge in [-0.2, -0.15) is 0 Å². The topological polar surface area (TPSA) is 118 Å². The Balaban J connectivity index is 1.04. The fraction of sp³-hybridized carbons (Fsp3) is 0.941. The number of fused-ring (bicyclic) bond motifs is 7. The van der Waals surface area contributed by atoms with E-state index >= 15 is 0 Å². The van der Waals surface area contributed by atoms with Crippen LogP contribution in [0, 0.1) is 46.3 Å². The fourth-order valence-corrected chi connectivity index (χ4v) is 10.9. The Labute approximate surface area is 252 Å². The largest absolute Gasteiger partial charge is 0.394 e. The van der Waals surface area contributed by atoms with Gasteiger partial charge in [-0.3, -0.25) is 0 Å². The summed E-state index contributed by atoms with van der Waals surface area (Å²) in [5.41, 5.74) is 2.35. The molecule has 4 aliphatic carbocycles. The van der Waals surface area contributed by atoms with Crippen molar-refractivity contribution in [3.8, 4) is 0 Å². The van der Waals surface area contributed by atoms with E-state index in [9.17, 15) is 20.4 Å². The molecule has 3 saturated carbocycles. The van der Waals surface area contributed by atoms with Gasteiger partial charge in [0.05, 0.1) is 31.5 Å². The minimum Gasteiger partial charge on any atom is -0.394 e. The molecule has 16 atom stereocenters. The van der Waals surface area contributed by atoms with Gasteiger partial charge in [-0.25, -0.2) is 0 Å². The van der Waals surface area contributed by atoms with Crippen LogP contribution in [0.1, 0.15) is 85.5 Å². The third-order valence-electron chi connectivity index (χ3n) is 13.3. The van der Waals surface area contributed by atoms with Gasteiger partial charge in [0.2, 0.25) is 0 Å². The van der Waals surface area contributed by atoms with Crippen molar-refractivity contribution in [2.75, 3.05) is 20.3 Å². The van der Waals surface area contributed by atoms with Gasteiger partial charge in [0.25, 0.3) is 0 Å². The van der Waals surface area contributed by atoms with Crippen molar-refractivity contribution >= 4 is 0 Å². The molecular weight excluding hydrogens is 536 g/mol. The summed E-state index contributed by atoms with van der Waals surface area (Å²) in [5.74, 6) is 3.61. The molecule has 0 amide bonds. The van der Waals surface area contributed by atoms with Gasteiger partial charge in [-0.1, -0.05) is 39.3 Å². The Morgan fingerprint density at radius 1 is 1.05 bits per heavy atom. The van der Waals surface area contributed by atoms with E-state index < -0.39 is 37.3 Å². The Hall–Kier alpha value is -0.580. The van der Waals surface area contributed by atoms with Crippen LogP contribution >= 0.6 is 0 Å². The van der Waals surface area contributed by atoms with Crippen LogP contribution in [-0.4, -0.2) is 89.8 Å². The normalized spacial score (nSPS) is 52.6. The summed E-state index contributed by atoms with van der Waals surface area (Å²) in [6, 6.07) is 0. The van der Waals surface area contributed by atoms with Crippen LogP contribution in [-0.2, 0) is 18.9 Å².